The molecule has 0 unspecified atom stereocenters. The van der Waals surface area contributed by atoms with Crippen LogP contribution in [0.15, 0.2) is 36.4 Å². The third kappa shape index (κ3) is 3.47. The molecule has 0 amide bonds. The van der Waals surface area contributed by atoms with Crippen molar-refractivity contribution in [3.05, 3.63) is 58.7 Å². The summed E-state index contributed by atoms with van der Waals surface area (Å²) >= 11 is 0. The number of carbonyl (C=O) groups is 4. The van der Waals surface area contributed by atoms with E-state index in [0.717, 1.165) is 6.92 Å². The first-order chi connectivity index (χ1) is 16.0. The molecule has 1 aliphatic rings. The number of fused-ring (bicyclic) bond motifs is 2. The number of hydrogen-bond acceptors (Lipinski definition) is 10. The molecule has 10 nitrogen and oxygen atoms in total. The largest absolute Gasteiger partial charge is 0.507 e. The fourth-order valence-electron chi connectivity index (χ4n) is 3.86. The van der Waals surface area contributed by atoms with Gasteiger partial charge in [-0.25, -0.2) is 0 Å². The number of rotatable bonds is 3. The highest BCUT2D eigenvalue weighted by molar-refractivity contribution is 6.33. The van der Waals surface area contributed by atoms with Crippen molar-refractivity contribution in [3.63, 3.8) is 0 Å². The number of aromatic hydroxyl groups is 2. The fourth-order valence-corrected chi connectivity index (χ4v) is 3.86. The summed E-state index contributed by atoms with van der Waals surface area (Å²) in [5.41, 5.74) is 10.9. The molecule has 0 saturated carbocycles. The highest BCUT2D eigenvalue weighted by Gasteiger charge is 2.38. The summed E-state index contributed by atoms with van der Waals surface area (Å²) in [6.07, 6.45) is 0. The number of nitrogen functional groups attached to an aromatic ring is 2. The Morgan fingerprint density at radius 1 is 0.735 bits per heavy atom. The number of phenolic OH excluding ortho intramolecular Hbond substituents is 2. The Labute approximate surface area is 192 Å². The van der Waals surface area contributed by atoms with E-state index in [2.05, 4.69) is 0 Å². The molecule has 0 heterocycles. The Hall–Kier alpha value is -4.86. The standard InChI is InChI=1S/C24H18N2O8/c1-9(27)33-16-6-3-11(7-17(16)34-10(2)28)12-8-14(26)19-21(22(12)30)24(32)18-13(25)4-5-15(29)20(18)23(19)31/h3-8,29-30H,25-26H2,1-2H3. The molecule has 3 aromatic rings. The Balaban J connectivity index is 1.94. The zero-order chi connectivity index (χ0) is 24.9. The van der Waals surface area contributed by atoms with Gasteiger partial charge in [-0.2, -0.15) is 0 Å². The molecule has 0 fully saturated rings. The maximum Gasteiger partial charge on any atom is 0.308 e. The Kier molecular flexibility index (Phi) is 5.21. The van der Waals surface area contributed by atoms with Crippen molar-refractivity contribution in [1.29, 1.82) is 0 Å². The summed E-state index contributed by atoms with van der Waals surface area (Å²) < 4.78 is 10.1. The van der Waals surface area contributed by atoms with Crippen LogP contribution < -0.4 is 20.9 Å². The number of benzene rings is 3. The zero-order valence-corrected chi connectivity index (χ0v) is 18.0. The van der Waals surface area contributed by atoms with E-state index in [0.29, 0.717) is 0 Å². The second-order valence-corrected chi connectivity index (χ2v) is 7.54. The van der Waals surface area contributed by atoms with Gasteiger partial charge < -0.3 is 31.2 Å². The molecule has 0 saturated heterocycles. The molecule has 34 heavy (non-hydrogen) atoms. The third-order valence-electron chi connectivity index (χ3n) is 5.22. The van der Waals surface area contributed by atoms with Crippen molar-refractivity contribution in [1.82, 2.24) is 0 Å². The first-order valence-corrected chi connectivity index (χ1v) is 9.88. The van der Waals surface area contributed by atoms with Crippen LogP contribution in [0.3, 0.4) is 0 Å². The Bertz CT molecular complexity index is 1440. The molecule has 3 aromatic carbocycles. The van der Waals surface area contributed by atoms with E-state index in [4.69, 9.17) is 20.9 Å². The SMILES string of the molecule is CC(=O)Oc1ccc(-c2cc(N)c3c(c2O)C(=O)c2c(N)ccc(O)c2C3=O)cc1OC(C)=O. The number of hydrogen-bond donors (Lipinski definition) is 4. The van der Waals surface area contributed by atoms with Crippen LogP contribution in [0.4, 0.5) is 11.4 Å². The molecule has 0 bridgehead atoms. The van der Waals surface area contributed by atoms with Gasteiger partial charge >= 0.3 is 11.9 Å². The summed E-state index contributed by atoms with van der Waals surface area (Å²) in [7, 11) is 0. The monoisotopic (exact) mass is 462 g/mol. The smallest absolute Gasteiger partial charge is 0.308 e. The van der Waals surface area contributed by atoms with Gasteiger partial charge in [0, 0.05) is 30.8 Å². The van der Waals surface area contributed by atoms with Gasteiger partial charge in [-0.3, -0.25) is 19.2 Å². The van der Waals surface area contributed by atoms with Crippen molar-refractivity contribution in [3.8, 4) is 34.1 Å². The molecule has 10 heteroatoms. The van der Waals surface area contributed by atoms with E-state index >= 15 is 0 Å². The minimum absolute atomic E-state index is 0.0414. The molecular formula is C24H18N2O8. The lowest BCUT2D eigenvalue weighted by molar-refractivity contribution is -0.134. The van der Waals surface area contributed by atoms with Crippen LogP contribution >= 0.6 is 0 Å². The van der Waals surface area contributed by atoms with Crippen LogP contribution in [0.1, 0.15) is 45.7 Å². The van der Waals surface area contributed by atoms with Gasteiger partial charge in [0.05, 0.1) is 22.3 Å². The Morgan fingerprint density at radius 3 is 1.97 bits per heavy atom. The van der Waals surface area contributed by atoms with E-state index in [1.165, 1.54) is 43.3 Å². The molecular weight excluding hydrogens is 444 g/mol. The predicted octanol–water partition coefficient (Wildman–Crippen LogP) is 2.56. The minimum Gasteiger partial charge on any atom is -0.507 e. The number of nitrogens with two attached hydrogens (primary N) is 2. The number of ketones is 2. The molecule has 172 valence electrons. The van der Waals surface area contributed by atoms with Crippen molar-refractivity contribution < 1.29 is 38.9 Å². The minimum atomic E-state index is -0.791. The molecule has 1 aliphatic carbocycles. The van der Waals surface area contributed by atoms with Gasteiger partial charge in [-0.05, 0) is 35.9 Å². The van der Waals surface area contributed by atoms with Gasteiger partial charge in [0.15, 0.2) is 11.5 Å². The van der Waals surface area contributed by atoms with Crippen molar-refractivity contribution in [2.45, 2.75) is 13.8 Å². The van der Waals surface area contributed by atoms with Gasteiger partial charge in [-0.15, -0.1) is 0 Å². The lowest BCUT2D eigenvalue weighted by Crippen LogP contribution is -2.24. The fraction of sp³-hybridized carbons (Fsp3) is 0.0833. The van der Waals surface area contributed by atoms with Gasteiger partial charge in [-0.1, -0.05) is 6.07 Å². The van der Waals surface area contributed by atoms with Crippen LogP contribution in [0.25, 0.3) is 11.1 Å². The normalized spacial score (nSPS) is 12.1. The van der Waals surface area contributed by atoms with E-state index < -0.39 is 35.0 Å². The highest BCUT2D eigenvalue weighted by atomic mass is 16.6. The molecule has 0 aromatic heterocycles. The zero-order valence-electron chi connectivity index (χ0n) is 18.0. The quantitative estimate of drug-likeness (QED) is 0.153. The van der Waals surface area contributed by atoms with Gasteiger partial charge in [0.25, 0.3) is 0 Å². The van der Waals surface area contributed by atoms with Crippen molar-refractivity contribution >= 4 is 34.9 Å². The number of phenols is 2. The molecule has 6 N–H and O–H groups in total. The lowest BCUT2D eigenvalue weighted by Gasteiger charge is -2.23. The van der Waals surface area contributed by atoms with E-state index in [9.17, 15) is 29.4 Å². The lowest BCUT2D eigenvalue weighted by atomic mass is 9.80. The second-order valence-electron chi connectivity index (χ2n) is 7.54. The molecule has 0 spiro atoms. The molecule has 0 radical (unpaired) electrons. The topological polar surface area (TPSA) is 179 Å². The van der Waals surface area contributed by atoms with E-state index in [1.54, 1.807) is 0 Å². The summed E-state index contributed by atoms with van der Waals surface area (Å²) in [4.78, 5) is 49.3. The second kappa shape index (κ2) is 7.93. The average molecular weight is 462 g/mol. The summed E-state index contributed by atoms with van der Waals surface area (Å²) in [6, 6.07) is 7.82. The van der Waals surface area contributed by atoms with E-state index in [-0.39, 0.29) is 56.3 Å². The van der Waals surface area contributed by atoms with Crippen LogP contribution in [-0.2, 0) is 9.59 Å². The molecule has 4 rings (SSSR count). The van der Waals surface area contributed by atoms with Crippen LogP contribution in [0.2, 0.25) is 0 Å². The number of esters is 2. The number of carbonyl (C=O) groups excluding carboxylic acids is 4. The first kappa shape index (κ1) is 22.3. The number of ether oxygens (including phenoxy) is 2. The maximum atomic E-state index is 13.3. The van der Waals surface area contributed by atoms with Crippen LogP contribution in [0.5, 0.6) is 23.0 Å². The highest BCUT2D eigenvalue weighted by Crippen LogP contribution is 2.46. The van der Waals surface area contributed by atoms with Gasteiger partial charge in [0.2, 0.25) is 11.6 Å². The van der Waals surface area contributed by atoms with E-state index in [1.807, 2.05) is 0 Å². The van der Waals surface area contributed by atoms with Crippen molar-refractivity contribution in [2.24, 2.45) is 0 Å². The Morgan fingerprint density at radius 2 is 1.32 bits per heavy atom. The predicted molar refractivity (Wildman–Crippen MR) is 120 cm³/mol. The average Bonchev–Trinajstić information content (AvgIpc) is 2.75. The molecule has 0 aliphatic heterocycles. The maximum absolute atomic E-state index is 13.3. The van der Waals surface area contributed by atoms with Gasteiger partial charge in [0.1, 0.15) is 11.5 Å². The van der Waals surface area contributed by atoms with Crippen molar-refractivity contribution in [2.75, 3.05) is 11.5 Å². The number of anilines is 2. The first-order valence-electron chi connectivity index (χ1n) is 9.88. The third-order valence-corrected chi connectivity index (χ3v) is 5.22. The summed E-state index contributed by atoms with van der Waals surface area (Å²) in [6.45, 7) is 2.32. The summed E-state index contributed by atoms with van der Waals surface area (Å²) in [5, 5.41) is 21.2. The van der Waals surface area contributed by atoms with Crippen LogP contribution in [0, 0.1) is 0 Å². The summed E-state index contributed by atoms with van der Waals surface area (Å²) in [5.74, 6) is -4.05. The van der Waals surface area contributed by atoms with Crippen LogP contribution in [-0.4, -0.2) is 33.7 Å². The molecule has 0 atom stereocenters.